The molecule has 13 heteroatoms. The lowest BCUT2D eigenvalue weighted by atomic mass is 9.93. The summed E-state index contributed by atoms with van der Waals surface area (Å²) in [4.78, 5) is 16.0. The Morgan fingerprint density at radius 2 is 1.91 bits per heavy atom. The van der Waals surface area contributed by atoms with Gasteiger partial charge in [0.05, 0.1) is 18.9 Å². The van der Waals surface area contributed by atoms with E-state index in [4.69, 9.17) is 4.74 Å². The predicted molar refractivity (Wildman–Crippen MR) is 130 cm³/mol. The van der Waals surface area contributed by atoms with Crippen LogP contribution in [0.4, 0.5) is 4.39 Å². The van der Waals surface area contributed by atoms with E-state index in [2.05, 4.69) is 20.5 Å². The standard InChI is InChI=1S/C22H31FN6O4S2/c1-27-14-19(25-26-27)35(31,32)29-10-8-28(9-11-29)22(6-4-5-7-22)15-24-21(30)20-17(33-2)12-16(23)13-18(20)34-3/h12-14H,4-11,15H2,1-3H3,(H,24,30). The SMILES string of the molecule is COc1cc(F)cc(SC)c1C(=O)NCC1(N2CCN(S(=O)(=O)c3cn(C)nn3)CC2)CCCC1. The lowest BCUT2D eigenvalue weighted by Gasteiger charge is -2.45. The smallest absolute Gasteiger partial charge is 0.264 e. The molecule has 1 saturated heterocycles. The van der Waals surface area contributed by atoms with Crippen molar-refractivity contribution in [1.82, 2.24) is 29.5 Å². The van der Waals surface area contributed by atoms with E-state index in [1.54, 1.807) is 13.3 Å². The largest absolute Gasteiger partial charge is 0.496 e. The van der Waals surface area contributed by atoms with Crippen molar-refractivity contribution in [3.63, 3.8) is 0 Å². The maximum Gasteiger partial charge on any atom is 0.264 e. The van der Waals surface area contributed by atoms with E-state index in [1.807, 2.05) is 0 Å². The molecule has 35 heavy (non-hydrogen) atoms. The minimum Gasteiger partial charge on any atom is -0.496 e. The summed E-state index contributed by atoms with van der Waals surface area (Å²) >= 11 is 1.29. The second kappa shape index (κ2) is 10.4. The van der Waals surface area contributed by atoms with Crippen LogP contribution < -0.4 is 10.1 Å². The number of amides is 1. The van der Waals surface area contributed by atoms with E-state index in [0.29, 0.717) is 43.2 Å². The number of hydrogen-bond donors (Lipinski definition) is 1. The molecule has 0 atom stereocenters. The highest BCUT2D eigenvalue weighted by Crippen LogP contribution is 2.36. The zero-order chi connectivity index (χ0) is 25.2. The van der Waals surface area contributed by atoms with Crippen LogP contribution >= 0.6 is 11.8 Å². The number of halogens is 1. The Morgan fingerprint density at radius 3 is 2.49 bits per heavy atom. The van der Waals surface area contributed by atoms with Crippen LogP contribution in [0.25, 0.3) is 0 Å². The molecule has 1 aromatic carbocycles. The second-order valence-electron chi connectivity index (χ2n) is 8.92. The van der Waals surface area contributed by atoms with Crippen LogP contribution in [0.15, 0.2) is 28.3 Å². The molecule has 10 nitrogen and oxygen atoms in total. The summed E-state index contributed by atoms with van der Waals surface area (Å²) in [5.74, 6) is -0.555. The zero-order valence-corrected chi connectivity index (χ0v) is 21.8. The maximum atomic E-state index is 13.9. The lowest BCUT2D eigenvalue weighted by Crippen LogP contribution is -2.60. The number of ether oxygens (including phenoxy) is 1. The number of rotatable bonds is 8. The van der Waals surface area contributed by atoms with Crippen LogP contribution in [-0.2, 0) is 17.1 Å². The number of carbonyl (C=O) groups excluding carboxylic acids is 1. The van der Waals surface area contributed by atoms with Crippen molar-refractivity contribution < 1.29 is 22.3 Å². The normalized spacial score (nSPS) is 19.1. The monoisotopic (exact) mass is 526 g/mol. The first-order chi connectivity index (χ1) is 16.7. The number of aromatic nitrogens is 3. The summed E-state index contributed by atoms with van der Waals surface area (Å²) in [6.45, 7) is 2.24. The van der Waals surface area contributed by atoms with Crippen LogP contribution in [0.1, 0.15) is 36.0 Å². The number of thioether (sulfide) groups is 1. The molecule has 1 aliphatic heterocycles. The highest BCUT2D eigenvalue weighted by atomic mass is 32.2. The van der Waals surface area contributed by atoms with Gasteiger partial charge in [0, 0.05) is 56.3 Å². The van der Waals surface area contributed by atoms with Gasteiger partial charge in [0.1, 0.15) is 11.6 Å². The molecular weight excluding hydrogens is 495 g/mol. The Kier molecular flexibility index (Phi) is 7.69. The van der Waals surface area contributed by atoms with E-state index in [9.17, 15) is 17.6 Å². The Balaban J connectivity index is 1.46. The Hall–Kier alpha value is -2.22. The van der Waals surface area contributed by atoms with Crippen LogP contribution in [0.5, 0.6) is 5.75 Å². The van der Waals surface area contributed by atoms with Gasteiger partial charge in [-0.3, -0.25) is 14.4 Å². The van der Waals surface area contributed by atoms with E-state index in [1.165, 1.54) is 46.2 Å². The third-order valence-electron chi connectivity index (χ3n) is 6.91. The molecule has 0 bridgehead atoms. The fourth-order valence-electron chi connectivity index (χ4n) is 5.05. The molecule has 2 fully saturated rings. The van der Waals surface area contributed by atoms with Gasteiger partial charge in [-0.05, 0) is 25.2 Å². The third kappa shape index (κ3) is 5.18. The van der Waals surface area contributed by atoms with Crippen molar-refractivity contribution in [2.24, 2.45) is 7.05 Å². The number of methoxy groups -OCH3 is 1. The predicted octanol–water partition coefficient (Wildman–Crippen LogP) is 1.73. The van der Waals surface area contributed by atoms with Crippen molar-refractivity contribution in [1.29, 1.82) is 0 Å². The Morgan fingerprint density at radius 1 is 1.23 bits per heavy atom. The number of sulfonamides is 1. The molecule has 2 aliphatic rings. The minimum absolute atomic E-state index is 0.0471. The number of aryl methyl sites for hydroxylation is 1. The minimum atomic E-state index is -3.69. The molecular formula is C22H31FN6O4S2. The lowest BCUT2D eigenvalue weighted by molar-refractivity contribution is 0.0538. The van der Waals surface area contributed by atoms with Crippen LogP contribution in [0, 0.1) is 5.82 Å². The summed E-state index contributed by atoms with van der Waals surface area (Å²) < 4.78 is 47.9. The molecule has 192 valence electrons. The molecule has 0 radical (unpaired) electrons. The van der Waals surface area contributed by atoms with Gasteiger partial charge in [0.25, 0.3) is 15.9 Å². The van der Waals surface area contributed by atoms with Gasteiger partial charge in [0.15, 0.2) is 0 Å². The summed E-state index contributed by atoms with van der Waals surface area (Å²) in [6, 6.07) is 2.56. The van der Waals surface area contributed by atoms with Crippen LogP contribution in [-0.4, -0.2) is 90.2 Å². The molecule has 2 heterocycles. The van der Waals surface area contributed by atoms with E-state index in [-0.39, 0.29) is 22.2 Å². The molecule has 0 unspecified atom stereocenters. The first-order valence-corrected chi connectivity index (χ1v) is 14.2. The quantitative estimate of drug-likeness (QED) is 0.518. The Bertz CT molecular complexity index is 1150. The van der Waals surface area contributed by atoms with Crippen molar-refractivity contribution in [2.45, 2.75) is 41.1 Å². The summed E-state index contributed by atoms with van der Waals surface area (Å²) in [6.07, 6.45) is 7.12. The highest BCUT2D eigenvalue weighted by Gasteiger charge is 2.43. The van der Waals surface area contributed by atoms with Gasteiger partial charge in [-0.2, -0.15) is 4.31 Å². The van der Waals surface area contributed by atoms with Crippen molar-refractivity contribution in [3.05, 3.63) is 29.7 Å². The molecule has 4 rings (SSSR count). The van der Waals surface area contributed by atoms with E-state index in [0.717, 1.165) is 25.7 Å². The number of nitrogens with one attached hydrogen (secondary N) is 1. The van der Waals surface area contributed by atoms with Gasteiger partial charge in [-0.1, -0.05) is 18.1 Å². The average molecular weight is 527 g/mol. The van der Waals surface area contributed by atoms with Crippen molar-refractivity contribution in [3.8, 4) is 5.75 Å². The van der Waals surface area contributed by atoms with Gasteiger partial charge >= 0.3 is 0 Å². The highest BCUT2D eigenvalue weighted by molar-refractivity contribution is 7.98. The fraction of sp³-hybridized carbons (Fsp3) is 0.591. The number of benzene rings is 1. The number of hydrogen-bond acceptors (Lipinski definition) is 8. The summed E-state index contributed by atoms with van der Waals surface area (Å²) in [5, 5.41) is 10.5. The van der Waals surface area contributed by atoms with Crippen LogP contribution in [0.3, 0.4) is 0 Å². The first-order valence-electron chi connectivity index (χ1n) is 11.5. The van der Waals surface area contributed by atoms with E-state index >= 15 is 0 Å². The molecule has 0 spiro atoms. The second-order valence-corrected chi connectivity index (χ2v) is 11.7. The molecule has 1 saturated carbocycles. The average Bonchev–Trinajstić information content (AvgIpc) is 3.52. The van der Waals surface area contributed by atoms with Gasteiger partial charge in [-0.25, -0.2) is 12.8 Å². The third-order valence-corrected chi connectivity index (χ3v) is 9.43. The number of carbonyl (C=O) groups is 1. The zero-order valence-electron chi connectivity index (χ0n) is 20.2. The first kappa shape index (κ1) is 25.9. The molecule has 1 aromatic heterocycles. The maximum absolute atomic E-state index is 13.9. The molecule has 1 N–H and O–H groups in total. The van der Waals surface area contributed by atoms with E-state index < -0.39 is 15.8 Å². The topological polar surface area (TPSA) is 110 Å². The Labute approximate surface area is 209 Å². The van der Waals surface area contributed by atoms with Crippen molar-refractivity contribution in [2.75, 3.05) is 46.1 Å². The van der Waals surface area contributed by atoms with Gasteiger partial charge in [-0.15, -0.1) is 16.9 Å². The fourth-order valence-corrected chi connectivity index (χ4v) is 7.02. The number of nitrogens with zero attached hydrogens (tertiary/aromatic N) is 5. The van der Waals surface area contributed by atoms with Gasteiger partial charge in [0.2, 0.25) is 5.03 Å². The molecule has 2 aromatic rings. The number of piperazine rings is 1. The van der Waals surface area contributed by atoms with Crippen LogP contribution in [0.2, 0.25) is 0 Å². The summed E-state index contributed by atoms with van der Waals surface area (Å²) in [7, 11) is -0.643. The van der Waals surface area contributed by atoms with Gasteiger partial charge < -0.3 is 10.1 Å². The molecule has 1 aliphatic carbocycles. The van der Waals surface area contributed by atoms with Crippen molar-refractivity contribution >= 4 is 27.7 Å². The summed E-state index contributed by atoms with van der Waals surface area (Å²) in [5.41, 5.74) is 0.0830. The molecule has 1 amide bonds.